The highest BCUT2D eigenvalue weighted by molar-refractivity contribution is 6.04. The number of pyridine rings is 1. The van der Waals surface area contributed by atoms with E-state index in [4.69, 9.17) is 15.3 Å². The summed E-state index contributed by atoms with van der Waals surface area (Å²) in [6.45, 7) is 7.49. The molecule has 2 heterocycles. The monoisotopic (exact) mass is 425 g/mol. The summed E-state index contributed by atoms with van der Waals surface area (Å²) in [5.41, 5.74) is 3.59. The van der Waals surface area contributed by atoms with Gasteiger partial charge in [0.15, 0.2) is 12.4 Å². The van der Waals surface area contributed by atoms with Gasteiger partial charge in [-0.25, -0.2) is 9.78 Å². The first-order valence-electron chi connectivity index (χ1n) is 9.97. The van der Waals surface area contributed by atoms with Crippen LogP contribution in [0.15, 0.2) is 24.3 Å². The summed E-state index contributed by atoms with van der Waals surface area (Å²) in [5.74, 6) is -0.607. The fourth-order valence-electron chi connectivity index (χ4n) is 3.57. The van der Waals surface area contributed by atoms with Crippen LogP contribution in [0.1, 0.15) is 59.2 Å². The minimum atomic E-state index is -1.07. The maximum atomic E-state index is 13.0. The normalized spacial score (nSPS) is 13.3. The van der Waals surface area contributed by atoms with Gasteiger partial charge in [-0.05, 0) is 42.2 Å². The van der Waals surface area contributed by atoms with Gasteiger partial charge in [0, 0.05) is 28.9 Å². The summed E-state index contributed by atoms with van der Waals surface area (Å²) in [7, 11) is 0. The number of amidine groups is 1. The predicted octanol–water partition coefficient (Wildman–Crippen LogP) is 2.67. The van der Waals surface area contributed by atoms with Gasteiger partial charge >= 0.3 is 5.97 Å². The molecule has 3 N–H and O–H groups in total. The summed E-state index contributed by atoms with van der Waals surface area (Å²) in [5, 5.41) is 26.8. The van der Waals surface area contributed by atoms with E-state index in [1.54, 1.807) is 30.0 Å². The third-order valence-electron chi connectivity index (χ3n) is 5.26. The third-order valence-corrected chi connectivity index (χ3v) is 5.26. The van der Waals surface area contributed by atoms with Crippen LogP contribution in [-0.2, 0) is 23.4 Å². The first-order chi connectivity index (χ1) is 14.5. The van der Waals surface area contributed by atoms with E-state index in [1.807, 2.05) is 26.8 Å². The predicted molar refractivity (Wildman–Crippen MR) is 115 cm³/mol. The van der Waals surface area contributed by atoms with Gasteiger partial charge in [-0.2, -0.15) is 0 Å². The molecular formula is C23H27N3O5. The van der Waals surface area contributed by atoms with Crippen molar-refractivity contribution in [3.05, 3.63) is 57.9 Å². The first-order valence-corrected chi connectivity index (χ1v) is 9.97. The molecule has 1 aliphatic rings. The Morgan fingerprint density at radius 1 is 1.26 bits per heavy atom. The first kappa shape index (κ1) is 22.4. The van der Waals surface area contributed by atoms with Gasteiger partial charge in [0.1, 0.15) is 17.3 Å². The number of aliphatic carboxylic acids is 1. The molecule has 0 aliphatic carbocycles. The van der Waals surface area contributed by atoms with Crippen LogP contribution in [0.3, 0.4) is 0 Å². The molecule has 8 heteroatoms. The lowest BCUT2D eigenvalue weighted by molar-refractivity contribution is -0.139. The number of fused-ring (bicyclic) bond motifs is 1. The van der Waals surface area contributed by atoms with Crippen molar-refractivity contribution in [1.29, 1.82) is 5.41 Å². The number of nitrogens with zero attached hydrogens (tertiary/aromatic N) is 2. The van der Waals surface area contributed by atoms with E-state index >= 15 is 0 Å². The fourth-order valence-corrected chi connectivity index (χ4v) is 3.57. The van der Waals surface area contributed by atoms with Gasteiger partial charge in [0.2, 0.25) is 0 Å². The van der Waals surface area contributed by atoms with Crippen LogP contribution in [0.4, 0.5) is 0 Å². The highest BCUT2D eigenvalue weighted by atomic mass is 16.5. The lowest BCUT2D eigenvalue weighted by Gasteiger charge is -2.24. The molecule has 0 saturated heterocycles. The Labute approximate surface area is 181 Å². The Morgan fingerprint density at radius 3 is 2.58 bits per heavy atom. The Hall–Kier alpha value is -3.26. The molecule has 3 rings (SSSR count). The summed E-state index contributed by atoms with van der Waals surface area (Å²) >= 11 is 0. The van der Waals surface area contributed by atoms with E-state index in [9.17, 15) is 14.7 Å². The van der Waals surface area contributed by atoms with Crippen molar-refractivity contribution in [2.45, 2.75) is 46.3 Å². The SMILES string of the molecule is Cc1nc2c(cc1CO)CN(CC(=O)c1ccc(OCC(=O)O)c(C(C)(C)C)c1)C2=N. The maximum absolute atomic E-state index is 13.0. The van der Waals surface area contributed by atoms with Gasteiger partial charge in [0.25, 0.3) is 0 Å². The van der Waals surface area contributed by atoms with Crippen LogP contribution < -0.4 is 4.74 Å². The van der Waals surface area contributed by atoms with Crippen LogP contribution in [0, 0.1) is 12.3 Å². The van der Waals surface area contributed by atoms with Crippen LogP contribution in [0.2, 0.25) is 0 Å². The molecule has 0 saturated carbocycles. The number of hydrogen-bond acceptors (Lipinski definition) is 6. The zero-order valence-corrected chi connectivity index (χ0v) is 18.2. The molecule has 0 bridgehead atoms. The number of aromatic nitrogens is 1. The second-order valence-electron chi connectivity index (χ2n) is 8.67. The van der Waals surface area contributed by atoms with E-state index in [0.29, 0.717) is 34.8 Å². The number of Topliss-reactive ketones (excluding diaryl/α,β-unsaturated/α-hetero) is 1. The summed E-state index contributed by atoms with van der Waals surface area (Å²) in [4.78, 5) is 30.0. The number of ether oxygens (including phenoxy) is 1. The van der Waals surface area contributed by atoms with Gasteiger partial charge in [0.05, 0.1) is 13.2 Å². The molecule has 1 aliphatic heterocycles. The maximum Gasteiger partial charge on any atom is 0.341 e. The van der Waals surface area contributed by atoms with Gasteiger partial charge in [-0.3, -0.25) is 10.2 Å². The quantitative estimate of drug-likeness (QED) is 0.583. The Bertz CT molecular complexity index is 1060. The van der Waals surface area contributed by atoms with Crippen molar-refractivity contribution in [2.75, 3.05) is 13.2 Å². The molecule has 164 valence electrons. The zero-order chi connectivity index (χ0) is 22.9. The minimum Gasteiger partial charge on any atom is -0.482 e. The van der Waals surface area contributed by atoms with Gasteiger partial charge < -0.3 is 19.8 Å². The molecule has 0 fully saturated rings. The number of hydrogen-bond donors (Lipinski definition) is 3. The molecule has 1 aromatic heterocycles. The average Bonchev–Trinajstić information content (AvgIpc) is 2.99. The van der Waals surface area contributed by atoms with E-state index in [2.05, 4.69) is 4.98 Å². The standard InChI is InChI=1S/C23H27N3O5/c1-13-16(11-27)7-15-9-26(22(24)21(15)25-13)10-18(28)14-5-6-19(31-12-20(29)30)17(8-14)23(2,3)4/h5-8,24,27H,9-12H2,1-4H3,(H,29,30). The number of nitrogens with one attached hydrogen (secondary N) is 1. The summed E-state index contributed by atoms with van der Waals surface area (Å²) in [6, 6.07) is 6.81. The van der Waals surface area contributed by atoms with Crippen molar-refractivity contribution >= 4 is 17.6 Å². The van der Waals surface area contributed by atoms with E-state index in [0.717, 1.165) is 11.1 Å². The van der Waals surface area contributed by atoms with Crippen LogP contribution in [-0.4, -0.2) is 50.8 Å². The lowest BCUT2D eigenvalue weighted by Crippen LogP contribution is -2.30. The van der Waals surface area contributed by atoms with Crippen molar-refractivity contribution in [1.82, 2.24) is 9.88 Å². The minimum absolute atomic E-state index is 0.0155. The summed E-state index contributed by atoms with van der Waals surface area (Å²) in [6.07, 6.45) is 0. The largest absolute Gasteiger partial charge is 0.482 e. The Kier molecular flexibility index (Phi) is 6.13. The van der Waals surface area contributed by atoms with Gasteiger partial charge in [-0.1, -0.05) is 20.8 Å². The molecule has 2 aromatic rings. The molecule has 0 radical (unpaired) electrons. The Morgan fingerprint density at radius 2 is 1.97 bits per heavy atom. The topological polar surface area (TPSA) is 124 Å². The number of benzene rings is 1. The zero-order valence-electron chi connectivity index (χ0n) is 18.2. The number of aliphatic hydroxyl groups is 1. The van der Waals surface area contributed by atoms with E-state index < -0.39 is 12.6 Å². The molecule has 0 amide bonds. The summed E-state index contributed by atoms with van der Waals surface area (Å²) < 4.78 is 5.40. The fraction of sp³-hybridized carbons (Fsp3) is 0.391. The van der Waals surface area contributed by atoms with Crippen molar-refractivity contribution < 1.29 is 24.5 Å². The van der Waals surface area contributed by atoms with Gasteiger partial charge in [-0.15, -0.1) is 0 Å². The molecule has 0 atom stereocenters. The van der Waals surface area contributed by atoms with Crippen molar-refractivity contribution in [3.8, 4) is 5.75 Å². The molecule has 31 heavy (non-hydrogen) atoms. The number of rotatable bonds is 7. The second kappa shape index (κ2) is 8.47. The molecule has 8 nitrogen and oxygen atoms in total. The second-order valence-corrected chi connectivity index (χ2v) is 8.67. The number of aliphatic hydroxyl groups excluding tert-OH is 1. The number of carboxylic acids is 1. The lowest BCUT2D eigenvalue weighted by atomic mass is 9.85. The van der Waals surface area contributed by atoms with Crippen molar-refractivity contribution in [2.24, 2.45) is 0 Å². The third kappa shape index (κ3) is 4.74. The number of ketones is 1. The van der Waals surface area contributed by atoms with Crippen LogP contribution in [0.5, 0.6) is 5.75 Å². The van der Waals surface area contributed by atoms with E-state index in [-0.39, 0.29) is 30.2 Å². The van der Waals surface area contributed by atoms with E-state index in [1.165, 1.54) is 0 Å². The Balaban J connectivity index is 1.82. The molecule has 0 unspecified atom stereocenters. The smallest absolute Gasteiger partial charge is 0.341 e. The van der Waals surface area contributed by atoms with Crippen LogP contribution in [0.25, 0.3) is 0 Å². The van der Waals surface area contributed by atoms with Crippen LogP contribution >= 0.6 is 0 Å². The average molecular weight is 425 g/mol. The van der Waals surface area contributed by atoms with Crippen molar-refractivity contribution in [3.63, 3.8) is 0 Å². The number of carbonyl (C=O) groups is 2. The molecule has 1 aromatic carbocycles. The highest BCUT2D eigenvalue weighted by Gasteiger charge is 2.29. The number of carbonyl (C=O) groups excluding carboxylic acids is 1. The highest BCUT2D eigenvalue weighted by Crippen LogP contribution is 2.33. The molecule has 0 spiro atoms. The number of aryl methyl sites for hydroxylation is 1. The number of carboxylic acid groups (broad SMARTS) is 1. The molecular weight excluding hydrogens is 398 g/mol.